The third-order valence-electron chi connectivity index (χ3n) is 1.94. The highest BCUT2D eigenvalue weighted by Crippen LogP contribution is 2.29. The molecule has 0 atom stereocenters. The van der Waals surface area contributed by atoms with Gasteiger partial charge in [-0.3, -0.25) is 4.79 Å². The highest BCUT2D eigenvalue weighted by atomic mass is 16.5. The summed E-state index contributed by atoms with van der Waals surface area (Å²) >= 11 is 0. The Hall–Kier alpha value is -1.52. The van der Waals surface area contributed by atoms with Crippen LogP contribution in [-0.2, 0) is 11.2 Å². The van der Waals surface area contributed by atoms with Crippen molar-refractivity contribution in [1.29, 1.82) is 0 Å². The zero-order valence-electron chi connectivity index (χ0n) is 7.39. The lowest BCUT2D eigenvalue weighted by molar-refractivity contribution is -0.114. The van der Waals surface area contributed by atoms with Crippen molar-refractivity contribution in [2.24, 2.45) is 0 Å². The van der Waals surface area contributed by atoms with E-state index >= 15 is 0 Å². The highest BCUT2D eigenvalue weighted by molar-refractivity contribution is 5.91. The molecule has 0 unspecified atom stereocenters. The van der Waals surface area contributed by atoms with Gasteiger partial charge in [-0.2, -0.15) is 0 Å². The van der Waals surface area contributed by atoms with Gasteiger partial charge in [0.15, 0.2) is 11.6 Å². The minimum absolute atomic E-state index is 0.136. The Morgan fingerprint density at radius 1 is 1.69 bits per heavy atom. The summed E-state index contributed by atoms with van der Waals surface area (Å²) in [5.41, 5.74) is 0.835. The van der Waals surface area contributed by atoms with Gasteiger partial charge in [0.1, 0.15) is 5.69 Å². The van der Waals surface area contributed by atoms with E-state index in [9.17, 15) is 4.79 Å². The molecule has 0 saturated heterocycles. The van der Waals surface area contributed by atoms with Gasteiger partial charge in [0.25, 0.3) is 0 Å². The molecule has 1 aliphatic heterocycles. The molecule has 1 aliphatic rings. The van der Waals surface area contributed by atoms with Crippen molar-refractivity contribution in [3.63, 3.8) is 0 Å². The number of aromatic nitrogens is 1. The fourth-order valence-corrected chi connectivity index (χ4v) is 1.39. The van der Waals surface area contributed by atoms with Crippen LogP contribution in [0.2, 0.25) is 0 Å². The predicted molar refractivity (Wildman–Crippen MR) is 47.6 cm³/mol. The average molecular weight is 181 g/mol. The zero-order chi connectivity index (χ0) is 9.26. The molecule has 13 heavy (non-hydrogen) atoms. The fraction of sp³-hybridized carbons (Fsp3) is 0.500. The third-order valence-corrected chi connectivity index (χ3v) is 1.94. The summed E-state index contributed by atoms with van der Waals surface area (Å²) in [6, 6.07) is 0. The Labute approximate surface area is 75.5 Å². The lowest BCUT2D eigenvalue weighted by Crippen LogP contribution is -2.13. The van der Waals surface area contributed by atoms with Crippen molar-refractivity contribution in [2.45, 2.75) is 19.8 Å². The minimum Gasteiger partial charge on any atom is -0.379 e. The van der Waals surface area contributed by atoms with Crippen LogP contribution in [0.1, 0.15) is 19.1 Å². The molecule has 0 spiro atoms. The van der Waals surface area contributed by atoms with Crippen molar-refractivity contribution < 1.29 is 9.32 Å². The van der Waals surface area contributed by atoms with Crippen molar-refractivity contribution in [3.05, 3.63) is 5.76 Å². The number of fused-ring (bicyclic) bond motifs is 1. The maximum atomic E-state index is 10.8. The lowest BCUT2D eigenvalue weighted by atomic mass is 10.1. The topological polar surface area (TPSA) is 67.2 Å². The molecule has 1 aromatic rings. The van der Waals surface area contributed by atoms with Gasteiger partial charge in [-0.05, 0) is 6.42 Å². The van der Waals surface area contributed by atoms with E-state index in [4.69, 9.17) is 4.52 Å². The van der Waals surface area contributed by atoms with Gasteiger partial charge in [-0.1, -0.05) is 5.16 Å². The van der Waals surface area contributed by atoms with E-state index < -0.39 is 0 Å². The van der Waals surface area contributed by atoms with Gasteiger partial charge in [0.2, 0.25) is 5.91 Å². The van der Waals surface area contributed by atoms with Crippen molar-refractivity contribution in [2.75, 3.05) is 17.2 Å². The molecule has 0 saturated carbocycles. The lowest BCUT2D eigenvalue weighted by Gasteiger charge is -2.11. The van der Waals surface area contributed by atoms with Crippen LogP contribution in [0.5, 0.6) is 0 Å². The summed E-state index contributed by atoms with van der Waals surface area (Å²) in [6.45, 7) is 2.35. The minimum atomic E-state index is -0.136. The summed E-state index contributed by atoms with van der Waals surface area (Å²) in [7, 11) is 0. The first-order valence-electron chi connectivity index (χ1n) is 4.27. The van der Waals surface area contributed by atoms with E-state index in [0.717, 1.165) is 30.8 Å². The Morgan fingerprint density at radius 2 is 2.54 bits per heavy atom. The molecule has 5 heteroatoms. The molecule has 70 valence electrons. The Kier molecular flexibility index (Phi) is 1.92. The predicted octanol–water partition coefficient (Wildman–Crippen LogP) is 0.991. The number of carbonyl (C=O) groups is 1. The molecule has 0 aromatic carbocycles. The molecular weight excluding hydrogens is 170 g/mol. The van der Waals surface area contributed by atoms with Crippen LogP contribution in [0.15, 0.2) is 4.52 Å². The van der Waals surface area contributed by atoms with Crippen LogP contribution < -0.4 is 10.6 Å². The second kappa shape index (κ2) is 3.08. The maximum Gasteiger partial charge on any atom is 0.222 e. The molecule has 1 amide bonds. The van der Waals surface area contributed by atoms with Gasteiger partial charge in [-0.25, -0.2) is 0 Å². The quantitative estimate of drug-likeness (QED) is 0.678. The standard InChI is InChI=1S/C8H11N3O2/c1-5(12)10-8-7-6(13-11-8)3-2-4-9-7/h9H,2-4H2,1H3,(H,10,11,12). The Morgan fingerprint density at radius 3 is 3.31 bits per heavy atom. The van der Waals surface area contributed by atoms with Crippen LogP contribution in [0, 0.1) is 0 Å². The first-order valence-corrected chi connectivity index (χ1v) is 4.27. The number of hydrogen-bond acceptors (Lipinski definition) is 4. The maximum absolute atomic E-state index is 10.8. The zero-order valence-corrected chi connectivity index (χ0v) is 7.39. The van der Waals surface area contributed by atoms with Gasteiger partial charge in [0, 0.05) is 19.9 Å². The van der Waals surface area contributed by atoms with Crippen molar-refractivity contribution >= 4 is 17.4 Å². The van der Waals surface area contributed by atoms with E-state index in [1.54, 1.807) is 0 Å². The molecule has 0 radical (unpaired) electrons. The molecule has 0 aliphatic carbocycles. The van der Waals surface area contributed by atoms with Gasteiger partial charge >= 0.3 is 0 Å². The first-order chi connectivity index (χ1) is 6.27. The highest BCUT2D eigenvalue weighted by Gasteiger charge is 2.19. The largest absolute Gasteiger partial charge is 0.379 e. The van der Waals surface area contributed by atoms with Crippen molar-refractivity contribution in [3.8, 4) is 0 Å². The Bertz CT molecular complexity index is 332. The summed E-state index contributed by atoms with van der Waals surface area (Å²) in [5, 5.41) is 9.52. The number of hydrogen-bond donors (Lipinski definition) is 2. The second-order valence-electron chi connectivity index (χ2n) is 3.04. The summed E-state index contributed by atoms with van der Waals surface area (Å²) in [6.07, 6.45) is 1.93. The summed E-state index contributed by atoms with van der Waals surface area (Å²) in [5.74, 6) is 1.20. The molecule has 1 aromatic heterocycles. The molecular formula is C8H11N3O2. The van der Waals surface area contributed by atoms with E-state index in [2.05, 4.69) is 15.8 Å². The van der Waals surface area contributed by atoms with Crippen LogP contribution in [-0.4, -0.2) is 17.6 Å². The molecule has 2 heterocycles. The van der Waals surface area contributed by atoms with Gasteiger partial charge in [0.05, 0.1) is 0 Å². The smallest absolute Gasteiger partial charge is 0.222 e. The number of nitrogens with zero attached hydrogens (tertiary/aromatic N) is 1. The van der Waals surface area contributed by atoms with Gasteiger partial charge in [-0.15, -0.1) is 0 Å². The molecule has 2 N–H and O–H groups in total. The SMILES string of the molecule is CC(=O)Nc1noc2c1NCCC2. The number of nitrogens with one attached hydrogen (secondary N) is 2. The number of aryl methyl sites for hydroxylation is 1. The average Bonchev–Trinajstić information content (AvgIpc) is 2.48. The molecule has 2 rings (SSSR count). The molecule has 5 nitrogen and oxygen atoms in total. The number of anilines is 2. The van der Waals surface area contributed by atoms with Crippen LogP contribution >= 0.6 is 0 Å². The van der Waals surface area contributed by atoms with E-state index in [1.807, 2.05) is 0 Å². The molecule has 0 fully saturated rings. The van der Waals surface area contributed by atoms with Crippen LogP contribution in [0.25, 0.3) is 0 Å². The first kappa shape index (κ1) is 8.10. The van der Waals surface area contributed by atoms with Gasteiger partial charge < -0.3 is 15.2 Å². The van der Waals surface area contributed by atoms with Crippen LogP contribution in [0.3, 0.4) is 0 Å². The third kappa shape index (κ3) is 1.49. The number of rotatable bonds is 1. The monoisotopic (exact) mass is 181 g/mol. The normalized spacial score (nSPS) is 14.5. The van der Waals surface area contributed by atoms with Crippen molar-refractivity contribution in [1.82, 2.24) is 5.16 Å². The summed E-state index contributed by atoms with van der Waals surface area (Å²) in [4.78, 5) is 10.8. The number of amides is 1. The van der Waals surface area contributed by atoms with E-state index in [1.165, 1.54) is 6.92 Å². The van der Waals surface area contributed by atoms with Crippen LogP contribution in [0.4, 0.5) is 11.5 Å². The number of carbonyl (C=O) groups excluding carboxylic acids is 1. The molecule has 0 bridgehead atoms. The van der Waals surface area contributed by atoms with E-state index in [-0.39, 0.29) is 5.91 Å². The summed E-state index contributed by atoms with van der Waals surface area (Å²) < 4.78 is 5.06. The fourth-order valence-electron chi connectivity index (χ4n) is 1.39. The second-order valence-corrected chi connectivity index (χ2v) is 3.04. The Balaban J connectivity index is 2.26. The van der Waals surface area contributed by atoms with E-state index in [0.29, 0.717) is 5.82 Å².